The number of hydrogen-bond acceptors (Lipinski definition) is 6. The first-order valence-electron chi connectivity index (χ1n) is 9.59. The van der Waals surface area contributed by atoms with Gasteiger partial charge in [0.2, 0.25) is 0 Å². The maximum atomic E-state index is 13.1. The summed E-state index contributed by atoms with van der Waals surface area (Å²) in [5, 5.41) is 17.0. The van der Waals surface area contributed by atoms with Gasteiger partial charge in [0.1, 0.15) is 18.0 Å². The van der Waals surface area contributed by atoms with Gasteiger partial charge in [0, 0.05) is 31.4 Å². The highest BCUT2D eigenvalue weighted by atomic mass is 19.1. The number of ether oxygens (including phenoxy) is 1. The van der Waals surface area contributed by atoms with E-state index < -0.39 is 23.7 Å². The lowest BCUT2D eigenvalue weighted by molar-refractivity contribution is 0.0794. The topological polar surface area (TPSA) is 126 Å². The maximum absolute atomic E-state index is 13.1. The molecular formula is C21H21FN6O3. The highest BCUT2D eigenvalue weighted by Gasteiger charge is 2.34. The summed E-state index contributed by atoms with van der Waals surface area (Å²) in [6, 6.07) is 7.37. The van der Waals surface area contributed by atoms with Gasteiger partial charge < -0.3 is 20.7 Å². The summed E-state index contributed by atoms with van der Waals surface area (Å²) in [5.41, 5.74) is 6.14. The van der Waals surface area contributed by atoms with Crippen molar-refractivity contribution in [3.63, 3.8) is 0 Å². The Bertz CT molecular complexity index is 1040. The first kappa shape index (κ1) is 21.7. The van der Waals surface area contributed by atoms with Gasteiger partial charge in [-0.2, -0.15) is 10.4 Å². The predicted molar refractivity (Wildman–Crippen MR) is 110 cm³/mol. The van der Waals surface area contributed by atoms with Gasteiger partial charge in [-0.1, -0.05) is 0 Å². The lowest BCUT2D eigenvalue weighted by Crippen LogP contribution is -2.44. The number of nitriles is 1. The average molecular weight is 424 g/mol. The number of carbonyl (C=O) groups excluding carboxylic acids is 2. The number of rotatable bonds is 6. The Morgan fingerprint density at radius 2 is 2.13 bits per heavy atom. The van der Waals surface area contributed by atoms with Crippen molar-refractivity contribution in [2.45, 2.75) is 18.9 Å². The standard InChI is InChI=1S/C21H21FN6O3/c1-2-3-10-31-21(30)27-9-8-18(14(11-23)12-27)28-13-17(19(24)29)20(26-28)25-16-6-4-15(22)5-7-16/h1,4-7,13-14,18H,3,8-10,12H2,(H2,24,29)(H,25,26). The third-order valence-electron chi connectivity index (χ3n) is 4.92. The molecule has 0 spiro atoms. The fraction of sp³-hybridized carbons (Fsp3) is 0.333. The van der Waals surface area contributed by atoms with E-state index >= 15 is 0 Å². The molecule has 2 atom stereocenters. The van der Waals surface area contributed by atoms with E-state index in [1.807, 2.05) is 0 Å². The van der Waals surface area contributed by atoms with Crippen LogP contribution in [0.1, 0.15) is 29.2 Å². The highest BCUT2D eigenvalue weighted by Crippen LogP contribution is 2.30. The zero-order chi connectivity index (χ0) is 22.4. The monoisotopic (exact) mass is 424 g/mol. The van der Waals surface area contributed by atoms with Crippen LogP contribution in [0.15, 0.2) is 30.5 Å². The number of likely N-dealkylation sites (tertiary alicyclic amines) is 1. The van der Waals surface area contributed by atoms with E-state index in [2.05, 4.69) is 22.4 Å². The summed E-state index contributed by atoms with van der Waals surface area (Å²) < 4.78 is 19.8. The SMILES string of the molecule is C#CCCOC(=O)N1CCC(n2cc(C(N)=O)c(Nc3ccc(F)cc3)n2)C(C#N)C1. The molecule has 9 nitrogen and oxygen atoms in total. The summed E-state index contributed by atoms with van der Waals surface area (Å²) in [7, 11) is 0. The van der Waals surface area contributed by atoms with Gasteiger partial charge in [-0.25, -0.2) is 9.18 Å². The first-order chi connectivity index (χ1) is 14.9. The average Bonchev–Trinajstić information content (AvgIpc) is 3.19. The Labute approximate surface area is 178 Å². The van der Waals surface area contributed by atoms with E-state index in [1.165, 1.54) is 40.0 Å². The van der Waals surface area contributed by atoms with Crippen LogP contribution in [0.4, 0.5) is 20.7 Å². The molecule has 0 bridgehead atoms. The van der Waals surface area contributed by atoms with Crippen LogP contribution < -0.4 is 11.1 Å². The molecule has 160 valence electrons. The van der Waals surface area contributed by atoms with Crippen molar-refractivity contribution >= 4 is 23.5 Å². The number of nitrogens with zero attached hydrogens (tertiary/aromatic N) is 4. The minimum absolute atomic E-state index is 0.117. The summed E-state index contributed by atoms with van der Waals surface area (Å²) in [5.74, 6) is 0.923. The van der Waals surface area contributed by atoms with Crippen LogP contribution in [-0.2, 0) is 4.74 Å². The van der Waals surface area contributed by atoms with Gasteiger partial charge in [-0.05, 0) is 30.7 Å². The van der Waals surface area contributed by atoms with E-state index in [0.29, 0.717) is 25.1 Å². The molecule has 1 aliphatic rings. The zero-order valence-electron chi connectivity index (χ0n) is 16.6. The number of piperidine rings is 1. The lowest BCUT2D eigenvalue weighted by atomic mass is 9.94. The molecule has 2 aromatic rings. The Balaban J connectivity index is 1.76. The molecule has 31 heavy (non-hydrogen) atoms. The minimum atomic E-state index is -0.695. The van der Waals surface area contributed by atoms with Crippen molar-refractivity contribution in [2.75, 3.05) is 25.0 Å². The molecule has 2 amide bonds. The molecule has 3 N–H and O–H groups in total. The van der Waals surface area contributed by atoms with E-state index in [-0.39, 0.29) is 30.6 Å². The van der Waals surface area contributed by atoms with Gasteiger partial charge in [-0.15, -0.1) is 12.3 Å². The number of nitrogens with one attached hydrogen (secondary N) is 1. The highest BCUT2D eigenvalue weighted by molar-refractivity contribution is 5.98. The number of hydrogen-bond donors (Lipinski definition) is 2. The Kier molecular flexibility index (Phi) is 6.73. The number of aromatic nitrogens is 2. The number of halogens is 1. The molecule has 0 saturated carbocycles. The number of nitrogens with two attached hydrogens (primary N) is 1. The van der Waals surface area contributed by atoms with Crippen LogP contribution in [0.25, 0.3) is 0 Å². The molecule has 0 radical (unpaired) electrons. The molecule has 1 saturated heterocycles. The molecule has 2 heterocycles. The van der Waals surface area contributed by atoms with Crippen LogP contribution in [0.3, 0.4) is 0 Å². The summed E-state index contributed by atoms with van der Waals surface area (Å²) in [6.07, 6.45) is 6.85. The number of primary amides is 1. The lowest BCUT2D eigenvalue weighted by Gasteiger charge is -2.34. The molecule has 2 unspecified atom stereocenters. The van der Waals surface area contributed by atoms with Crippen LogP contribution in [-0.4, -0.2) is 46.4 Å². The Morgan fingerprint density at radius 3 is 2.77 bits per heavy atom. The van der Waals surface area contributed by atoms with Crippen LogP contribution in [0.2, 0.25) is 0 Å². The van der Waals surface area contributed by atoms with Crippen molar-refractivity contribution < 1.29 is 18.7 Å². The van der Waals surface area contributed by atoms with Crippen molar-refractivity contribution in [1.82, 2.24) is 14.7 Å². The third-order valence-corrected chi connectivity index (χ3v) is 4.92. The van der Waals surface area contributed by atoms with Crippen LogP contribution in [0.5, 0.6) is 0 Å². The van der Waals surface area contributed by atoms with E-state index in [4.69, 9.17) is 16.9 Å². The fourth-order valence-corrected chi connectivity index (χ4v) is 3.34. The normalized spacial score (nSPS) is 18.0. The molecule has 10 heteroatoms. The first-order valence-corrected chi connectivity index (χ1v) is 9.59. The van der Waals surface area contributed by atoms with Gasteiger partial charge in [0.05, 0.1) is 18.0 Å². The van der Waals surface area contributed by atoms with Crippen molar-refractivity contribution in [3.8, 4) is 18.4 Å². The van der Waals surface area contributed by atoms with E-state index in [9.17, 15) is 19.2 Å². The largest absolute Gasteiger partial charge is 0.448 e. The molecule has 1 aromatic carbocycles. The van der Waals surface area contributed by atoms with E-state index in [0.717, 1.165) is 0 Å². The van der Waals surface area contributed by atoms with Crippen LogP contribution in [0, 0.1) is 35.4 Å². The molecule has 0 aliphatic carbocycles. The Morgan fingerprint density at radius 1 is 1.39 bits per heavy atom. The quantitative estimate of drug-likeness (QED) is 0.542. The second-order valence-electron chi connectivity index (χ2n) is 6.97. The maximum Gasteiger partial charge on any atom is 0.409 e. The summed E-state index contributed by atoms with van der Waals surface area (Å²) in [4.78, 5) is 25.5. The minimum Gasteiger partial charge on any atom is -0.448 e. The molecule has 1 fully saturated rings. The van der Waals surface area contributed by atoms with Gasteiger partial charge in [-0.3, -0.25) is 9.48 Å². The van der Waals surface area contributed by atoms with E-state index in [1.54, 1.807) is 0 Å². The number of amides is 2. The second-order valence-corrected chi connectivity index (χ2v) is 6.97. The molecule has 1 aromatic heterocycles. The van der Waals surface area contributed by atoms with Gasteiger partial charge >= 0.3 is 6.09 Å². The zero-order valence-corrected chi connectivity index (χ0v) is 16.6. The smallest absolute Gasteiger partial charge is 0.409 e. The molecular weight excluding hydrogens is 403 g/mol. The molecule has 1 aliphatic heterocycles. The summed E-state index contributed by atoms with van der Waals surface area (Å²) in [6.45, 7) is 0.624. The Hall–Kier alpha value is -4.05. The van der Waals surface area contributed by atoms with Gasteiger partial charge in [0.15, 0.2) is 5.82 Å². The summed E-state index contributed by atoms with van der Waals surface area (Å²) >= 11 is 0. The number of anilines is 2. The number of benzene rings is 1. The van der Waals surface area contributed by atoms with Crippen molar-refractivity contribution in [3.05, 3.63) is 41.8 Å². The fourth-order valence-electron chi connectivity index (χ4n) is 3.34. The van der Waals surface area contributed by atoms with Gasteiger partial charge in [0.25, 0.3) is 5.91 Å². The van der Waals surface area contributed by atoms with Crippen molar-refractivity contribution in [2.24, 2.45) is 11.7 Å². The third kappa shape index (κ3) is 5.11. The predicted octanol–water partition coefficient (Wildman–Crippen LogP) is 2.41. The second kappa shape index (κ2) is 9.63. The van der Waals surface area contributed by atoms with Crippen LogP contribution >= 0.6 is 0 Å². The number of carbonyl (C=O) groups is 2. The molecule has 3 rings (SSSR count). The van der Waals surface area contributed by atoms with Crippen molar-refractivity contribution in [1.29, 1.82) is 5.26 Å². The number of terminal acetylenes is 1.